The summed E-state index contributed by atoms with van der Waals surface area (Å²) in [6.45, 7) is 36.7. The summed E-state index contributed by atoms with van der Waals surface area (Å²) in [5.74, 6) is 18.3. The third-order valence-corrected chi connectivity index (χ3v) is 40.7. The van der Waals surface area contributed by atoms with Gasteiger partial charge in [0.2, 0.25) is 0 Å². The number of aromatic nitrogens is 8. The first kappa shape index (κ1) is 89.9. The Balaban J connectivity index is 0.000000120. The fourth-order valence-electron chi connectivity index (χ4n) is 34.3. The first-order chi connectivity index (χ1) is 57.5. The molecule has 0 amide bonds. The minimum atomic E-state index is -3.23. The smallest absolute Gasteiger partial charge is 0.178 e. The summed E-state index contributed by atoms with van der Waals surface area (Å²) in [4.78, 5) is 0.282. The van der Waals surface area contributed by atoms with Crippen LogP contribution in [0.5, 0.6) is 0 Å². The van der Waals surface area contributed by atoms with Gasteiger partial charge in [-0.25, -0.2) is 12.8 Å². The number of halogens is 1. The summed E-state index contributed by atoms with van der Waals surface area (Å²) in [6, 6.07) is 6.34. The standard InChI is InChI=1S/C26H36FN3O.C26H37N3O.C26H40N2O3S.C25H38N2O.CH4/c1-17(14-30-15-18(12-28)13-29-30)23-5-6-24-22-4-3-19-11-26(31,16-27)10-8-20(19)21(22)7-9-25(23,24)2;1-17(15-29-16-18(13-27)14-28-29)23-6-7-24-22-5-4-19-12-25(2,30)10-8-20(19)21(22)9-11-26(23,24)3;1-17(15-28-16-19(14-27-28)32(4,30)31)23-7-8-24-22-6-5-18-13-25(2,29)11-9-20(18)21(22)10-12-26(23,24)3;1-17(16-27-14-4-13-26-27)22-7-8-23-21-6-5-18-15-24(2,28)11-9-19(18)20(21)10-12-25(22,23)3;/h13,15,19-24,31H,1,3-11,14,16H2,2H3;14,16,19-24,30H,1,4-12,15H2,2-3H3;14,16,18,20-24,29H,1,5-13,15H2,2-4H3;4,13-14,18-23,28H,1,5-12,15-16H2,2-3H3;1H4/t2*19-,20-,21+,22+,23+,24-,25+,26+;18-,20-,21+,22+,23+,24-,25+,26+;18-,19-,20+,21+,22+,23-,24+,25+;/m0000./s1. The van der Waals surface area contributed by atoms with Crippen LogP contribution in [-0.4, -0.2) is 103 Å². The Kier molecular flexibility index (Phi) is 25.4. The van der Waals surface area contributed by atoms with E-state index in [0.717, 1.165) is 171 Å². The molecule has 0 bridgehead atoms. The molecule has 0 unspecified atom stereocenters. The fraction of sp³-hybridized carbons (Fsp3) is 0.788. The molecular formula is C104H155FN10O6S. The molecule has 4 heterocycles. The van der Waals surface area contributed by atoms with Crippen molar-refractivity contribution in [3.05, 3.63) is 115 Å². The van der Waals surface area contributed by atoms with Gasteiger partial charge >= 0.3 is 0 Å². The number of aliphatic hydroxyl groups is 4. The third-order valence-electron chi connectivity index (χ3n) is 39.6. The lowest BCUT2D eigenvalue weighted by Crippen LogP contribution is -2.51. The lowest BCUT2D eigenvalue weighted by atomic mass is 9.48. The van der Waals surface area contributed by atoms with Crippen LogP contribution in [0.1, 0.15) is 298 Å². The molecule has 4 N–H and O–H groups in total. The molecule has 0 saturated heterocycles. The van der Waals surface area contributed by atoms with Gasteiger partial charge in [0, 0.05) is 37.2 Å². The minimum absolute atomic E-state index is 0. The van der Waals surface area contributed by atoms with Crippen LogP contribution < -0.4 is 0 Å². The quantitative estimate of drug-likeness (QED) is 0.0863. The van der Waals surface area contributed by atoms with E-state index in [1.807, 2.05) is 45.6 Å². The van der Waals surface area contributed by atoms with Gasteiger partial charge < -0.3 is 20.4 Å². The van der Waals surface area contributed by atoms with E-state index in [-0.39, 0.29) is 12.3 Å². The van der Waals surface area contributed by atoms with Crippen LogP contribution in [0.2, 0.25) is 0 Å². The minimum Gasteiger partial charge on any atom is -0.390 e. The van der Waals surface area contributed by atoms with E-state index in [2.05, 4.69) is 107 Å². The maximum atomic E-state index is 13.4. The molecule has 32 atom stereocenters. The van der Waals surface area contributed by atoms with E-state index in [1.165, 1.54) is 202 Å². The molecule has 122 heavy (non-hydrogen) atoms. The molecule has 670 valence electrons. The molecule has 16 nitrogen and oxygen atoms in total. The first-order valence-electron chi connectivity index (χ1n) is 48.7. The highest BCUT2D eigenvalue weighted by molar-refractivity contribution is 7.90. The number of rotatable bonds is 14. The normalized spacial score (nSPS) is 44.8. The second-order valence-electron chi connectivity index (χ2n) is 46.3. The number of hydrogen-bond donors (Lipinski definition) is 4. The van der Waals surface area contributed by atoms with E-state index in [9.17, 15) is 33.2 Å². The Morgan fingerprint density at radius 3 is 1.00 bits per heavy atom. The number of hydrogen-bond acceptors (Lipinski definition) is 12. The number of allylic oxidation sites excluding steroid dienone is 4. The molecule has 0 aliphatic heterocycles. The first-order valence-corrected chi connectivity index (χ1v) is 50.6. The molecule has 18 heteroatoms. The Hall–Kier alpha value is -5.50. The lowest BCUT2D eigenvalue weighted by Gasteiger charge is -2.57. The summed E-state index contributed by atoms with van der Waals surface area (Å²) in [5.41, 5.74) is 5.50. The second-order valence-corrected chi connectivity index (χ2v) is 48.3. The second kappa shape index (κ2) is 34.5. The summed E-state index contributed by atoms with van der Waals surface area (Å²) < 4.78 is 44.6. The highest BCUT2D eigenvalue weighted by atomic mass is 32.2. The van der Waals surface area contributed by atoms with Crippen molar-refractivity contribution in [3.63, 3.8) is 0 Å². The summed E-state index contributed by atoms with van der Waals surface area (Å²) in [7, 11) is -3.23. The molecule has 16 saturated carbocycles. The topological polar surface area (TPSA) is 234 Å². The van der Waals surface area contributed by atoms with Crippen LogP contribution in [0, 0.1) is 186 Å². The van der Waals surface area contributed by atoms with Crippen molar-refractivity contribution in [3.8, 4) is 12.1 Å². The number of fused-ring (bicyclic) bond motifs is 20. The molecule has 20 rings (SSSR count). The van der Waals surface area contributed by atoms with E-state index >= 15 is 0 Å². The Bertz CT molecular complexity index is 4620. The molecule has 16 aliphatic carbocycles. The molecule has 16 aliphatic rings. The van der Waals surface area contributed by atoms with E-state index in [1.54, 1.807) is 23.3 Å². The highest BCUT2D eigenvalue weighted by Gasteiger charge is 2.63. The summed E-state index contributed by atoms with van der Waals surface area (Å²) in [6.07, 6.45) is 58.7. The van der Waals surface area contributed by atoms with Crippen molar-refractivity contribution in [1.82, 2.24) is 39.1 Å². The lowest BCUT2D eigenvalue weighted by molar-refractivity contribution is -0.110. The fourth-order valence-corrected chi connectivity index (χ4v) is 34.9. The molecule has 16 fully saturated rings. The number of nitrogens with zero attached hydrogens (tertiary/aromatic N) is 10. The monoisotopic (exact) mass is 1690 g/mol. The van der Waals surface area contributed by atoms with Gasteiger partial charge in [0.25, 0.3) is 0 Å². The highest BCUT2D eigenvalue weighted by Crippen LogP contribution is 2.71. The molecule has 0 spiro atoms. The zero-order valence-electron chi connectivity index (χ0n) is 75.2. The zero-order valence-corrected chi connectivity index (χ0v) is 76.1. The van der Waals surface area contributed by atoms with Crippen LogP contribution in [-0.2, 0) is 36.0 Å². The van der Waals surface area contributed by atoms with Gasteiger partial charge in [0.1, 0.15) is 23.7 Å². The van der Waals surface area contributed by atoms with Crippen molar-refractivity contribution in [2.24, 2.45) is 164 Å². The third kappa shape index (κ3) is 17.1. The SMILES string of the molecule is C.C=C(Cn1cc(C#N)cn1)[C@H]1CC[C@H]2[C@@H]3CC[C@H]4C[C@@](O)(CF)CC[C@@H]4[C@H]3CC[C@]12C.C=C(Cn1cc(C#N)cn1)[C@H]1CC[C@H]2[C@@H]3CC[C@H]4C[C@](C)(O)CC[C@@H]4[C@H]3CC[C@]12C.C=C(Cn1cc(S(C)(=O)=O)cn1)[C@H]1CC[C@H]2[C@@H]3CC[C@H]4C[C@](C)(O)CC[C@@H]4[C@H]3CC[C@]12C.C=C(Cn1cccn1)[C@H]1CC[C@H]2[C@@H]3CC[C@H]4C[C@](C)(O)CC[C@@H]4[C@H]3CC[C@]12C. The maximum absolute atomic E-state index is 13.4. The Morgan fingerprint density at radius 2 is 0.705 bits per heavy atom. The molecule has 0 aromatic carbocycles. The molecule has 4 aromatic rings. The van der Waals surface area contributed by atoms with Crippen molar-refractivity contribution >= 4 is 9.84 Å². The average Bonchev–Trinajstić information content (AvgIpc) is 1.54. The van der Waals surface area contributed by atoms with Gasteiger partial charge in [-0.05, 0) is 422 Å². The zero-order chi connectivity index (χ0) is 85.3. The van der Waals surface area contributed by atoms with Crippen molar-refractivity contribution in [2.75, 3.05) is 12.9 Å². The predicted octanol–water partition coefficient (Wildman–Crippen LogP) is 21.6. The van der Waals surface area contributed by atoms with Gasteiger partial charge in [-0.3, -0.25) is 18.7 Å². The van der Waals surface area contributed by atoms with Crippen LogP contribution >= 0.6 is 0 Å². The predicted molar refractivity (Wildman–Crippen MR) is 480 cm³/mol. The number of sulfone groups is 1. The van der Waals surface area contributed by atoms with Gasteiger partial charge in [-0.1, -0.05) is 83.7 Å². The van der Waals surface area contributed by atoms with Crippen LogP contribution in [0.4, 0.5) is 4.39 Å². The molecule has 0 radical (unpaired) electrons. The number of nitriles is 2. The van der Waals surface area contributed by atoms with Crippen molar-refractivity contribution < 1.29 is 33.2 Å². The van der Waals surface area contributed by atoms with Gasteiger partial charge in [-0.15, -0.1) is 0 Å². The Labute approximate surface area is 733 Å². The molecular weight excluding hydrogens is 1540 g/mol. The maximum Gasteiger partial charge on any atom is 0.178 e. The van der Waals surface area contributed by atoms with Crippen molar-refractivity contribution in [2.45, 2.75) is 341 Å². The largest absolute Gasteiger partial charge is 0.390 e. The van der Waals surface area contributed by atoms with E-state index in [4.69, 9.17) is 10.5 Å². The number of alkyl halides is 1. The summed E-state index contributed by atoms with van der Waals surface area (Å²) >= 11 is 0. The van der Waals surface area contributed by atoms with Crippen LogP contribution in [0.25, 0.3) is 0 Å². The van der Waals surface area contributed by atoms with Crippen LogP contribution in [0.15, 0.2) is 109 Å². The van der Waals surface area contributed by atoms with Crippen molar-refractivity contribution in [1.29, 1.82) is 10.5 Å². The van der Waals surface area contributed by atoms with E-state index < -0.39 is 38.9 Å². The van der Waals surface area contributed by atoms with Gasteiger partial charge in [0.15, 0.2) is 9.84 Å². The molecule has 4 aromatic heterocycles. The van der Waals surface area contributed by atoms with Crippen LogP contribution in [0.3, 0.4) is 0 Å². The van der Waals surface area contributed by atoms with E-state index in [0.29, 0.717) is 94.2 Å². The Morgan fingerprint density at radius 1 is 0.402 bits per heavy atom. The summed E-state index contributed by atoms with van der Waals surface area (Å²) in [5, 5.41) is 77.9. The van der Waals surface area contributed by atoms with Gasteiger partial charge in [0.05, 0.1) is 78.3 Å². The average molecular weight is 1690 g/mol. The van der Waals surface area contributed by atoms with Gasteiger partial charge in [-0.2, -0.15) is 30.9 Å².